The third kappa shape index (κ3) is 9.91. The number of anilines is 1. The molecule has 4 aliphatic heterocycles. The lowest BCUT2D eigenvalue weighted by Gasteiger charge is -2.37. The first-order chi connectivity index (χ1) is 28.8. The predicted molar refractivity (Wildman–Crippen MR) is 236 cm³/mol. The fourth-order valence-corrected chi connectivity index (χ4v) is 11.9. The highest BCUT2D eigenvalue weighted by atomic mass is 33.1. The Labute approximate surface area is 368 Å². The number of fused-ring (bicyclic) bond motifs is 2. The van der Waals surface area contributed by atoms with Gasteiger partial charge in [0, 0.05) is 53.9 Å². The molecule has 0 spiro atoms. The molecule has 4 saturated heterocycles. The van der Waals surface area contributed by atoms with E-state index in [1.807, 2.05) is 97.0 Å². The lowest BCUT2D eigenvalue weighted by atomic mass is 9.80. The summed E-state index contributed by atoms with van der Waals surface area (Å²) in [5, 5.41) is 9.03. The Morgan fingerprint density at radius 2 is 1.54 bits per heavy atom. The lowest BCUT2D eigenvalue weighted by Crippen LogP contribution is -2.59. The minimum atomic E-state index is -1.03. The van der Waals surface area contributed by atoms with Crippen LogP contribution in [0, 0.1) is 22.7 Å². The van der Waals surface area contributed by atoms with Gasteiger partial charge in [-0.1, -0.05) is 93.5 Å². The van der Waals surface area contributed by atoms with Crippen molar-refractivity contribution in [3.63, 3.8) is 0 Å². The van der Waals surface area contributed by atoms with E-state index in [0.717, 1.165) is 15.4 Å². The number of para-hydroxylation sites is 1. The second-order valence-electron chi connectivity index (χ2n) is 18.7. The van der Waals surface area contributed by atoms with Crippen LogP contribution in [0.25, 0.3) is 0 Å². The van der Waals surface area contributed by atoms with Gasteiger partial charge in [-0.3, -0.25) is 33.7 Å². The number of hydrogen-bond donors (Lipinski definition) is 3. The Hall–Kier alpha value is -3.76. The van der Waals surface area contributed by atoms with Crippen molar-refractivity contribution in [2.24, 2.45) is 22.7 Å². The third-order valence-corrected chi connectivity index (χ3v) is 15.6. The minimum absolute atomic E-state index is 0.0463. The van der Waals surface area contributed by atoms with Gasteiger partial charge < -0.3 is 30.3 Å². The first-order valence-electron chi connectivity index (χ1n) is 21.6. The van der Waals surface area contributed by atoms with Crippen molar-refractivity contribution in [2.45, 2.75) is 146 Å². The topological polar surface area (TPSA) is 163 Å². The zero-order valence-corrected chi connectivity index (χ0v) is 38.6. The number of hydrogen-bond acceptors (Lipinski definition) is 11. The molecule has 13 nitrogen and oxygen atoms in total. The number of ether oxygens (including phenoxy) is 2. The molecule has 4 fully saturated rings. The van der Waals surface area contributed by atoms with Crippen LogP contribution in [-0.4, -0.2) is 101 Å². The van der Waals surface area contributed by atoms with E-state index in [-0.39, 0.29) is 66.6 Å². The zero-order chi connectivity index (χ0) is 44.4. The molecule has 3 N–H and O–H groups in total. The molecule has 61 heavy (non-hydrogen) atoms. The maximum Gasteiger partial charge on any atom is 0.248 e. The van der Waals surface area contributed by atoms with E-state index in [1.165, 1.54) is 21.6 Å². The Kier molecular flexibility index (Phi) is 14.5. The van der Waals surface area contributed by atoms with E-state index in [9.17, 15) is 28.8 Å². The Bertz CT molecular complexity index is 2010. The second kappa shape index (κ2) is 18.9. The molecule has 0 bridgehead atoms. The summed E-state index contributed by atoms with van der Waals surface area (Å²) in [6.07, 6.45) is 1.98. The maximum absolute atomic E-state index is 14.5. The van der Waals surface area contributed by atoms with E-state index < -0.39 is 46.8 Å². The molecule has 8 atom stereocenters. The van der Waals surface area contributed by atoms with Crippen molar-refractivity contribution < 1.29 is 38.2 Å². The zero-order valence-electron chi connectivity index (χ0n) is 37.0. The molecule has 2 aromatic rings. The summed E-state index contributed by atoms with van der Waals surface area (Å²) in [5.74, 6) is -2.03. The highest BCUT2D eigenvalue weighted by Gasteiger charge is 2.61. The molecular formula is C46H63N5O8S2. The highest BCUT2D eigenvalue weighted by Crippen LogP contribution is 2.50. The van der Waals surface area contributed by atoms with Gasteiger partial charge in [-0.05, 0) is 74.8 Å². The normalized spacial score (nSPS) is 27.9. The number of amides is 4. The van der Waals surface area contributed by atoms with Gasteiger partial charge in [0.15, 0.2) is 5.78 Å². The number of Topliss-reactive ketones (excluding diaryl/α,β-unsaturated/α-hetero) is 2. The van der Waals surface area contributed by atoms with E-state index >= 15 is 0 Å². The predicted octanol–water partition coefficient (Wildman–Crippen LogP) is 6.39. The summed E-state index contributed by atoms with van der Waals surface area (Å²) in [6.45, 7) is 15.9. The molecule has 332 valence electrons. The quantitative estimate of drug-likeness (QED) is 0.170. The van der Waals surface area contributed by atoms with Gasteiger partial charge in [-0.15, -0.1) is 0 Å². The smallest absolute Gasteiger partial charge is 0.248 e. The standard InChI is InChI=1S/C46H63N5O8S2/c1-10-27(2)40(54)49-32-20-22-59-46(8)26-45(6,7)39(51(46)43(32)57)41(55)48-31-16-12-14-18-36(31)61-60-35-17-13-11-15-29(35)23-34(53)38-44(4,5)25-37-50(38)42(56)30(19-21-58-37)24-33(52)28(3)47-9/h11-18,27-28,30,32,37-39,47H,10,19-26H2,1-9H3,(H,48,55)(H,49,54)/t27-,28+,30-,32+,37+,38?,39?,46+/m1/s1. The summed E-state index contributed by atoms with van der Waals surface area (Å²) >= 11 is 0. The average molecular weight is 878 g/mol. The van der Waals surface area contributed by atoms with Crippen LogP contribution >= 0.6 is 21.6 Å². The molecule has 0 aromatic heterocycles. The first-order valence-corrected chi connectivity index (χ1v) is 23.7. The molecule has 0 radical (unpaired) electrons. The molecular weight excluding hydrogens is 815 g/mol. The molecule has 0 aliphatic carbocycles. The Balaban J connectivity index is 1.17. The van der Waals surface area contributed by atoms with Gasteiger partial charge in [0.2, 0.25) is 23.6 Å². The molecule has 15 heteroatoms. The number of benzene rings is 2. The van der Waals surface area contributed by atoms with Gasteiger partial charge in [0.25, 0.3) is 0 Å². The molecule has 0 saturated carbocycles. The van der Waals surface area contributed by atoms with Crippen molar-refractivity contribution in [1.82, 2.24) is 20.4 Å². The van der Waals surface area contributed by atoms with Crippen LogP contribution in [0.1, 0.15) is 99.5 Å². The number of nitrogens with zero attached hydrogens (tertiary/aromatic N) is 2. The molecule has 2 aromatic carbocycles. The number of nitrogens with one attached hydrogen (secondary N) is 3. The van der Waals surface area contributed by atoms with Gasteiger partial charge in [0.05, 0.1) is 24.4 Å². The van der Waals surface area contributed by atoms with Crippen LogP contribution in [0.2, 0.25) is 0 Å². The van der Waals surface area contributed by atoms with Crippen LogP contribution in [0.15, 0.2) is 58.3 Å². The van der Waals surface area contributed by atoms with E-state index in [2.05, 4.69) is 16.0 Å². The molecule has 2 unspecified atom stereocenters. The largest absolute Gasteiger partial charge is 0.358 e. The van der Waals surface area contributed by atoms with E-state index in [0.29, 0.717) is 44.4 Å². The van der Waals surface area contributed by atoms with Crippen molar-refractivity contribution in [1.29, 1.82) is 0 Å². The van der Waals surface area contributed by atoms with Crippen LogP contribution in [0.3, 0.4) is 0 Å². The summed E-state index contributed by atoms with van der Waals surface area (Å²) < 4.78 is 12.5. The average Bonchev–Trinajstić information content (AvgIpc) is 3.50. The number of rotatable bonds is 15. The number of carbonyl (C=O) groups excluding carboxylic acids is 6. The van der Waals surface area contributed by atoms with Gasteiger partial charge in [-0.2, -0.15) is 0 Å². The van der Waals surface area contributed by atoms with Crippen LogP contribution in [0.5, 0.6) is 0 Å². The molecule has 4 aliphatic rings. The van der Waals surface area contributed by atoms with Crippen LogP contribution < -0.4 is 16.0 Å². The fraction of sp³-hybridized carbons (Fsp3) is 0.609. The Morgan fingerprint density at radius 1 is 0.869 bits per heavy atom. The summed E-state index contributed by atoms with van der Waals surface area (Å²) in [4.78, 5) is 87.9. The number of carbonyl (C=O) groups is 6. The van der Waals surface area contributed by atoms with E-state index in [1.54, 1.807) is 23.8 Å². The second-order valence-corrected chi connectivity index (χ2v) is 20.9. The van der Waals surface area contributed by atoms with E-state index in [4.69, 9.17) is 9.47 Å². The van der Waals surface area contributed by atoms with Crippen molar-refractivity contribution in [3.8, 4) is 0 Å². The molecule has 4 amide bonds. The van der Waals surface area contributed by atoms with Crippen molar-refractivity contribution >= 4 is 62.5 Å². The van der Waals surface area contributed by atoms with Crippen molar-refractivity contribution in [3.05, 3.63) is 54.1 Å². The SMILES string of the molecule is CC[C@@H](C)C(=O)N[C@H]1CCO[C@@]2(C)CC(C)(C)C(C(=O)Nc3ccccc3SSc3ccccc3CC(=O)C3N4C(=O)[C@@H](CC(=O)[C@H](C)NC)CCO[C@H]4CC3(C)C)N2C1=O. The molecule has 6 rings (SSSR count). The van der Waals surface area contributed by atoms with Crippen molar-refractivity contribution in [2.75, 3.05) is 25.6 Å². The monoisotopic (exact) mass is 877 g/mol. The summed E-state index contributed by atoms with van der Waals surface area (Å²) in [6, 6.07) is 12.4. The van der Waals surface area contributed by atoms with Crippen LogP contribution in [-0.2, 0) is 44.7 Å². The van der Waals surface area contributed by atoms with Gasteiger partial charge in [-0.25, -0.2) is 0 Å². The molecule has 4 heterocycles. The van der Waals surface area contributed by atoms with Crippen LogP contribution in [0.4, 0.5) is 5.69 Å². The number of likely N-dealkylation sites (N-methyl/N-ethyl adjacent to an activating group) is 1. The highest BCUT2D eigenvalue weighted by molar-refractivity contribution is 8.76. The maximum atomic E-state index is 14.5. The lowest BCUT2D eigenvalue weighted by molar-refractivity contribution is -0.163. The third-order valence-electron chi connectivity index (χ3n) is 13.1. The minimum Gasteiger partial charge on any atom is -0.358 e. The Morgan fingerprint density at radius 3 is 2.25 bits per heavy atom. The summed E-state index contributed by atoms with van der Waals surface area (Å²) in [5.41, 5.74) is -0.847. The number of ketones is 2. The van der Waals surface area contributed by atoms with Gasteiger partial charge in [0.1, 0.15) is 29.8 Å². The summed E-state index contributed by atoms with van der Waals surface area (Å²) in [7, 11) is 4.63. The first kappa shape index (κ1) is 46.7. The van der Waals surface area contributed by atoms with Gasteiger partial charge >= 0.3 is 0 Å². The fourth-order valence-electron chi connectivity index (χ4n) is 9.53.